The summed E-state index contributed by atoms with van der Waals surface area (Å²) in [6.07, 6.45) is 0.136. The Morgan fingerprint density at radius 2 is 2.00 bits per heavy atom. The Labute approximate surface area is 101 Å². The molecule has 0 aliphatic carbocycles. The summed E-state index contributed by atoms with van der Waals surface area (Å²) < 4.78 is 10.6. The van der Waals surface area contributed by atoms with Gasteiger partial charge in [-0.2, -0.15) is 0 Å². The molecule has 0 aliphatic rings. The van der Waals surface area contributed by atoms with Crippen LogP contribution in [0.4, 0.5) is 0 Å². The number of hydrogen-bond donors (Lipinski definition) is 1. The number of benzene rings is 1. The van der Waals surface area contributed by atoms with Crippen molar-refractivity contribution in [2.45, 2.75) is 17.9 Å². The first kappa shape index (κ1) is 13.4. The third-order valence-electron chi connectivity index (χ3n) is 2.16. The summed E-state index contributed by atoms with van der Waals surface area (Å²) in [5.41, 5.74) is 5.61. The fourth-order valence-electron chi connectivity index (χ4n) is 1.28. The minimum atomic E-state index is 0.136. The normalized spacial score (nSPS) is 12.4. The summed E-state index contributed by atoms with van der Waals surface area (Å²) in [7, 11) is 1.67. The van der Waals surface area contributed by atoms with Gasteiger partial charge in [0.15, 0.2) is 0 Å². The highest BCUT2D eigenvalue weighted by atomic mass is 32.2. The van der Waals surface area contributed by atoms with Gasteiger partial charge in [0.05, 0.1) is 13.2 Å². The number of rotatable bonds is 7. The van der Waals surface area contributed by atoms with Crippen molar-refractivity contribution in [3.8, 4) is 5.75 Å². The zero-order chi connectivity index (χ0) is 11.8. The summed E-state index contributed by atoms with van der Waals surface area (Å²) in [6, 6.07) is 8.01. The van der Waals surface area contributed by atoms with Gasteiger partial charge in [-0.05, 0) is 31.2 Å². The zero-order valence-electron chi connectivity index (χ0n) is 9.81. The smallest absolute Gasteiger partial charge is 0.118 e. The fourth-order valence-corrected chi connectivity index (χ4v) is 2.22. The molecule has 0 saturated heterocycles. The maximum Gasteiger partial charge on any atom is 0.118 e. The monoisotopic (exact) mass is 241 g/mol. The van der Waals surface area contributed by atoms with Crippen molar-refractivity contribution < 1.29 is 9.47 Å². The third kappa shape index (κ3) is 4.43. The number of hydrogen-bond acceptors (Lipinski definition) is 4. The molecule has 1 rings (SSSR count). The minimum absolute atomic E-state index is 0.136. The summed E-state index contributed by atoms with van der Waals surface area (Å²) in [5, 5.41) is 0. The highest BCUT2D eigenvalue weighted by Gasteiger charge is 2.06. The molecule has 1 atom stereocenters. The molecule has 2 N–H and O–H groups in total. The molecule has 0 saturated carbocycles. The molecule has 1 aromatic carbocycles. The lowest BCUT2D eigenvalue weighted by molar-refractivity contribution is 0.0858. The second-order valence-corrected chi connectivity index (χ2v) is 4.39. The van der Waals surface area contributed by atoms with Crippen molar-refractivity contribution in [3.05, 3.63) is 24.3 Å². The van der Waals surface area contributed by atoms with Gasteiger partial charge >= 0.3 is 0 Å². The van der Waals surface area contributed by atoms with Crippen LogP contribution in [0.25, 0.3) is 0 Å². The van der Waals surface area contributed by atoms with Crippen LogP contribution in [0.15, 0.2) is 29.2 Å². The van der Waals surface area contributed by atoms with Crippen molar-refractivity contribution in [1.82, 2.24) is 0 Å². The fraction of sp³-hybridized carbons (Fsp3) is 0.500. The van der Waals surface area contributed by atoms with Gasteiger partial charge in [-0.15, -0.1) is 11.8 Å². The lowest BCUT2D eigenvalue weighted by atomic mass is 10.3. The number of thioether (sulfide) groups is 1. The van der Waals surface area contributed by atoms with Crippen LogP contribution in [-0.2, 0) is 4.74 Å². The average Bonchev–Trinajstić information content (AvgIpc) is 2.35. The molecule has 0 amide bonds. The molecule has 0 aromatic heterocycles. The summed E-state index contributed by atoms with van der Waals surface area (Å²) in [5.74, 6) is 1.76. The Morgan fingerprint density at radius 3 is 2.50 bits per heavy atom. The van der Waals surface area contributed by atoms with Crippen LogP contribution in [0.2, 0.25) is 0 Å². The zero-order valence-corrected chi connectivity index (χ0v) is 10.6. The number of methoxy groups -OCH3 is 1. The summed E-state index contributed by atoms with van der Waals surface area (Å²) >= 11 is 1.75. The van der Waals surface area contributed by atoms with Gasteiger partial charge in [0, 0.05) is 23.8 Å². The molecule has 0 spiro atoms. The molecular weight excluding hydrogens is 222 g/mol. The predicted molar refractivity (Wildman–Crippen MR) is 68.2 cm³/mol. The van der Waals surface area contributed by atoms with Crippen molar-refractivity contribution in [3.63, 3.8) is 0 Å². The van der Waals surface area contributed by atoms with Gasteiger partial charge in [0.1, 0.15) is 5.75 Å². The van der Waals surface area contributed by atoms with Crippen LogP contribution in [0.1, 0.15) is 6.92 Å². The van der Waals surface area contributed by atoms with Gasteiger partial charge in [-0.3, -0.25) is 0 Å². The molecule has 0 fully saturated rings. The first-order chi connectivity index (χ1) is 7.80. The van der Waals surface area contributed by atoms with E-state index in [4.69, 9.17) is 15.2 Å². The summed E-state index contributed by atoms with van der Waals surface area (Å²) in [6.45, 7) is 3.27. The molecule has 1 aromatic rings. The Balaban J connectivity index is 2.40. The first-order valence-corrected chi connectivity index (χ1v) is 6.37. The van der Waals surface area contributed by atoms with Crippen LogP contribution in [0, 0.1) is 0 Å². The second kappa shape index (κ2) is 7.54. The molecule has 3 nitrogen and oxygen atoms in total. The standard InChI is InChI=1S/C12H19NO2S/c1-3-15-11(8-13)9-16-12-6-4-10(14-2)5-7-12/h4-7,11H,3,8-9,13H2,1-2H3. The van der Waals surface area contributed by atoms with Crippen LogP contribution in [-0.4, -0.2) is 32.1 Å². The minimum Gasteiger partial charge on any atom is -0.497 e. The summed E-state index contributed by atoms with van der Waals surface area (Å²) in [4.78, 5) is 1.21. The van der Waals surface area contributed by atoms with Gasteiger partial charge in [-0.1, -0.05) is 0 Å². The molecule has 0 radical (unpaired) electrons. The molecule has 0 aliphatic heterocycles. The SMILES string of the molecule is CCOC(CN)CSc1ccc(OC)cc1. The van der Waals surface area contributed by atoms with E-state index in [1.54, 1.807) is 18.9 Å². The topological polar surface area (TPSA) is 44.5 Å². The molecule has 0 bridgehead atoms. The maximum atomic E-state index is 5.61. The van der Waals surface area contributed by atoms with E-state index in [1.165, 1.54) is 4.90 Å². The van der Waals surface area contributed by atoms with E-state index >= 15 is 0 Å². The van der Waals surface area contributed by atoms with Crippen molar-refractivity contribution >= 4 is 11.8 Å². The number of nitrogens with two attached hydrogens (primary N) is 1. The van der Waals surface area contributed by atoms with Gasteiger partial charge in [0.2, 0.25) is 0 Å². The molecular formula is C12H19NO2S. The quantitative estimate of drug-likeness (QED) is 0.743. The lowest BCUT2D eigenvalue weighted by Crippen LogP contribution is -2.26. The Bertz CT molecular complexity index is 290. The molecule has 4 heteroatoms. The predicted octanol–water partition coefficient (Wildman–Crippen LogP) is 2.15. The van der Waals surface area contributed by atoms with Gasteiger partial charge in [0.25, 0.3) is 0 Å². The molecule has 0 heterocycles. The Kier molecular flexibility index (Phi) is 6.30. The van der Waals surface area contributed by atoms with Crippen molar-refractivity contribution in [1.29, 1.82) is 0 Å². The Hall–Kier alpha value is -0.710. The highest BCUT2D eigenvalue weighted by Crippen LogP contribution is 2.22. The van der Waals surface area contributed by atoms with Crippen LogP contribution >= 0.6 is 11.8 Å². The first-order valence-electron chi connectivity index (χ1n) is 5.38. The maximum absolute atomic E-state index is 5.61. The Morgan fingerprint density at radius 1 is 1.31 bits per heavy atom. The molecule has 90 valence electrons. The van der Waals surface area contributed by atoms with Crippen LogP contribution in [0.3, 0.4) is 0 Å². The van der Waals surface area contributed by atoms with Crippen LogP contribution in [0.5, 0.6) is 5.75 Å². The van der Waals surface area contributed by atoms with E-state index in [1.807, 2.05) is 31.2 Å². The van der Waals surface area contributed by atoms with E-state index in [0.29, 0.717) is 13.2 Å². The molecule has 16 heavy (non-hydrogen) atoms. The van der Waals surface area contributed by atoms with E-state index in [-0.39, 0.29) is 6.10 Å². The third-order valence-corrected chi connectivity index (χ3v) is 3.30. The van der Waals surface area contributed by atoms with E-state index in [2.05, 4.69) is 0 Å². The van der Waals surface area contributed by atoms with E-state index in [9.17, 15) is 0 Å². The largest absolute Gasteiger partial charge is 0.497 e. The van der Waals surface area contributed by atoms with Crippen molar-refractivity contribution in [2.75, 3.05) is 26.0 Å². The number of ether oxygens (including phenoxy) is 2. The lowest BCUT2D eigenvalue weighted by Gasteiger charge is -2.14. The van der Waals surface area contributed by atoms with E-state index in [0.717, 1.165) is 11.5 Å². The highest BCUT2D eigenvalue weighted by molar-refractivity contribution is 7.99. The molecule has 1 unspecified atom stereocenters. The van der Waals surface area contributed by atoms with Gasteiger partial charge in [-0.25, -0.2) is 0 Å². The van der Waals surface area contributed by atoms with E-state index < -0.39 is 0 Å². The average molecular weight is 241 g/mol. The second-order valence-electron chi connectivity index (χ2n) is 3.30. The van der Waals surface area contributed by atoms with Crippen LogP contribution < -0.4 is 10.5 Å². The van der Waals surface area contributed by atoms with Crippen molar-refractivity contribution in [2.24, 2.45) is 5.73 Å². The van der Waals surface area contributed by atoms with Gasteiger partial charge < -0.3 is 15.2 Å².